The van der Waals surface area contributed by atoms with Gasteiger partial charge >= 0.3 is 0 Å². The molecule has 0 saturated carbocycles. The molecular weight excluding hydrogens is 680 g/mol. The molecule has 0 amide bonds. The average molecular weight is 713 g/mol. The zero-order chi connectivity index (χ0) is 36.8. The summed E-state index contributed by atoms with van der Waals surface area (Å²) in [6.07, 6.45) is 0. The van der Waals surface area contributed by atoms with Crippen LogP contribution in [0.5, 0.6) is 11.5 Å². The number of nitrogens with zero attached hydrogens (tertiary/aromatic N) is 3. The van der Waals surface area contributed by atoms with Gasteiger partial charge in [0.2, 0.25) is 0 Å². The largest absolute Gasteiger partial charge is 0.458 e. The number of ether oxygens (including phenoxy) is 1. The topological polar surface area (TPSA) is 20.6 Å². The second-order valence-electron chi connectivity index (χ2n) is 15.8. The van der Waals surface area contributed by atoms with Crippen LogP contribution in [0.4, 0.5) is 34.1 Å². The van der Waals surface area contributed by atoms with Gasteiger partial charge in [-0.05, 0) is 118 Å². The second kappa shape index (κ2) is 10.9. The fourth-order valence-corrected chi connectivity index (χ4v) is 10.6. The Morgan fingerprint density at radius 2 is 1.02 bits per heavy atom. The maximum absolute atomic E-state index is 7.17. The van der Waals surface area contributed by atoms with Crippen LogP contribution < -0.4 is 47.3 Å². The fourth-order valence-electron chi connectivity index (χ4n) is 10.6. The molecule has 0 atom stereocenters. The lowest BCUT2D eigenvalue weighted by atomic mass is 9.30. The van der Waals surface area contributed by atoms with Gasteiger partial charge in [0.1, 0.15) is 11.5 Å². The standard InChI is InChI=1S/C50H33B2N3O/c1-30-24-43-48-44(25-30)54(33-16-7-4-8-17-33)42-29-46-39(28-38(42)51(48)36-20-10-12-23-41(36)53(43)32-14-5-3-6-15-32)52-37-21-13-19-35-34-18-9-11-22-40(34)55(50(35)37)45-26-31(2)27-47(56-46)49(45)52/h3-29H,1-2H3. The first-order valence-corrected chi connectivity index (χ1v) is 19.6. The van der Waals surface area contributed by atoms with Gasteiger partial charge in [0.15, 0.2) is 0 Å². The van der Waals surface area contributed by atoms with Crippen molar-refractivity contribution in [3.63, 3.8) is 0 Å². The summed E-state index contributed by atoms with van der Waals surface area (Å²) < 4.78 is 9.66. The van der Waals surface area contributed by atoms with Gasteiger partial charge in [-0.2, -0.15) is 0 Å². The van der Waals surface area contributed by atoms with E-state index in [-0.39, 0.29) is 13.4 Å². The summed E-state index contributed by atoms with van der Waals surface area (Å²) in [6.45, 7) is 4.44. The Labute approximate surface area is 326 Å². The van der Waals surface area contributed by atoms with E-state index in [2.05, 4.69) is 192 Å². The molecule has 0 aliphatic carbocycles. The van der Waals surface area contributed by atoms with E-state index in [1.807, 2.05) is 0 Å². The molecule has 260 valence electrons. The average Bonchev–Trinajstić information content (AvgIpc) is 3.57. The van der Waals surface area contributed by atoms with Crippen molar-refractivity contribution in [3.05, 3.63) is 175 Å². The van der Waals surface area contributed by atoms with Crippen molar-refractivity contribution in [2.45, 2.75) is 13.8 Å². The van der Waals surface area contributed by atoms with Gasteiger partial charge in [0.25, 0.3) is 13.4 Å². The molecule has 9 aromatic rings. The van der Waals surface area contributed by atoms with Crippen molar-refractivity contribution >= 4 is 102 Å². The fraction of sp³-hybridized carbons (Fsp3) is 0.0400. The molecule has 5 heterocycles. The molecule has 0 bridgehead atoms. The zero-order valence-corrected chi connectivity index (χ0v) is 31.0. The molecule has 1 aromatic heterocycles. The molecule has 56 heavy (non-hydrogen) atoms. The predicted molar refractivity (Wildman–Crippen MR) is 235 cm³/mol. The van der Waals surface area contributed by atoms with Crippen LogP contribution in [0.15, 0.2) is 164 Å². The first-order valence-electron chi connectivity index (χ1n) is 19.6. The smallest absolute Gasteiger partial charge is 0.256 e. The van der Waals surface area contributed by atoms with E-state index in [4.69, 9.17) is 4.74 Å². The van der Waals surface area contributed by atoms with Crippen LogP contribution in [0.25, 0.3) is 27.5 Å². The minimum absolute atomic E-state index is 0.0128. The van der Waals surface area contributed by atoms with Crippen LogP contribution in [0.3, 0.4) is 0 Å². The molecule has 13 rings (SSSR count). The van der Waals surface area contributed by atoms with Gasteiger partial charge in [-0.1, -0.05) is 97.1 Å². The van der Waals surface area contributed by atoms with Gasteiger partial charge in [-0.3, -0.25) is 0 Å². The number of hydrogen-bond donors (Lipinski definition) is 0. The Hall–Kier alpha value is -6.91. The minimum atomic E-state index is 0.0128. The Bertz CT molecular complexity index is 3170. The summed E-state index contributed by atoms with van der Waals surface area (Å²) in [6, 6.07) is 60.7. The van der Waals surface area contributed by atoms with Crippen LogP contribution in [-0.2, 0) is 0 Å². The van der Waals surface area contributed by atoms with Gasteiger partial charge in [-0.15, -0.1) is 0 Å². The Balaban J connectivity index is 1.14. The van der Waals surface area contributed by atoms with Crippen molar-refractivity contribution < 1.29 is 4.74 Å². The third-order valence-electron chi connectivity index (χ3n) is 12.6. The molecule has 6 heteroatoms. The molecular formula is C50H33B2N3O. The van der Waals surface area contributed by atoms with E-state index < -0.39 is 0 Å². The van der Waals surface area contributed by atoms with Crippen LogP contribution in [-0.4, -0.2) is 18.0 Å². The number of para-hydroxylation sites is 5. The molecule has 0 N–H and O–H groups in total. The van der Waals surface area contributed by atoms with Crippen molar-refractivity contribution in [3.8, 4) is 17.2 Å². The molecule has 4 aliphatic heterocycles. The first kappa shape index (κ1) is 30.4. The van der Waals surface area contributed by atoms with Crippen LogP contribution in [0.2, 0.25) is 0 Å². The van der Waals surface area contributed by atoms with Gasteiger partial charge in [0, 0.05) is 62.2 Å². The van der Waals surface area contributed by atoms with E-state index in [9.17, 15) is 0 Å². The summed E-state index contributed by atoms with van der Waals surface area (Å²) in [7, 11) is 0. The number of hydrogen-bond acceptors (Lipinski definition) is 3. The molecule has 0 saturated heterocycles. The third kappa shape index (κ3) is 3.85. The second-order valence-corrected chi connectivity index (χ2v) is 15.8. The summed E-state index contributed by atoms with van der Waals surface area (Å²) >= 11 is 0. The number of benzene rings is 8. The van der Waals surface area contributed by atoms with E-state index in [0.717, 1.165) is 28.6 Å². The Morgan fingerprint density at radius 3 is 1.80 bits per heavy atom. The van der Waals surface area contributed by atoms with Crippen LogP contribution in [0.1, 0.15) is 11.1 Å². The normalized spacial score (nSPS) is 13.9. The molecule has 4 nitrogen and oxygen atoms in total. The molecule has 8 aromatic carbocycles. The number of rotatable bonds is 2. The van der Waals surface area contributed by atoms with E-state index >= 15 is 0 Å². The maximum atomic E-state index is 7.17. The number of anilines is 6. The lowest BCUT2D eigenvalue weighted by Gasteiger charge is -2.45. The van der Waals surface area contributed by atoms with E-state index in [1.54, 1.807) is 0 Å². The molecule has 0 fully saturated rings. The monoisotopic (exact) mass is 713 g/mol. The number of fused-ring (bicyclic) bond motifs is 11. The summed E-state index contributed by atoms with van der Waals surface area (Å²) in [5, 5.41) is 2.58. The van der Waals surface area contributed by atoms with Crippen LogP contribution >= 0.6 is 0 Å². The zero-order valence-electron chi connectivity index (χ0n) is 31.0. The summed E-state index contributed by atoms with van der Waals surface area (Å²) in [5.41, 5.74) is 21.0. The summed E-state index contributed by atoms with van der Waals surface area (Å²) in [4.78, 5) is 4.95. The Morgan fingerprint density at radius 1 is 0.411 bits per heavy atom. The SMILES string of the molecule is Cc1cc2c3c(c1)N(c1ccccc1)c1cc4c(cc1B3c1ccccc1N2c1ccccc1)B1c2c(cc(C)cc2-n2c3ccccc3c3cccc1c32)O4. The lowest BCUT2D eigenvalue weighted by molar-refractivity contribution is 0.487. The highest BCUT2D eigenvalue weighted by Crippen LogP contribution is 2.46. The van der Waals surface area contributed by atoms with E-state index in [1.165, 1.54) is 88.5 Å². The Kier molecular flexibility index (Phi) is 5.90. The molecule has 0 radical (unpaired) electrons. The molecule has 0 spiro atoms. The summed E-state index contributed by atoms with van der Waals surface area (Å²) in [5.74, 6) is 1.87. The van der Waals surface area contributed by atoms with Gasteiger partial charge < -0.3 is 19.1 Å². The first-order chi connectivity index (χ1) is 27.6. The number of aryl methyl sites for hydroxylation is 2. The van der Waals surface area contributed by atoms with Crippen molar-refractivity contribution in [2.24, 2.45) is 0 Å². The third-order valence-corrected chi connectivity index (χ3v) is 12.6. The van der Waals surface area contributed by atoms with Gasteiger partial charge in [0.05, 0.1) is 5.52 Å². The van der Waals surface area contributed by atoms with Crippen LogP contribution in [0, 0.1) is 13.8 Å². The lowest BCUT2D eigenvalue weighted by Crippen LogP contribution is -2.64. The van der Waals surface area contributed by atoms with Gasteiger partial charge in [-0.25, -0.2) is 0 Å². The predicted octanol–water partition coefficient (Wildman–Crippen LogP) is 8.42. The van der Waals surface area contributed by atoms with Crippen molar-refractivity contribution in [1.29, 1.82) is 0 Å². The quantitative estimate of drug-likeness (QED) is 0.168. The van der Waals surface area contributed by atoms with E-state index in [0.29, 0.717) is 0 Å². The van der Waals surface area contributed by atoms with Crippen molar-refractivity contribution in [2.75, 3.05) is 9.80 Å². The minimum Gasteiger partial charge on any atom is -0.458 e. The molecule has 0 unspecified atom stereocenters. The van der Waals surface area contributed by atoms with Crippen molar-refractivity contribution in [1.82, 2.24) is 4.57 Å². The maximum Gasteiger partial charge on any atom is 0.256 e. The highest BCUT2D eigenvalue weighted by molar-refractivity contribution is 7.02. The molecule has 4 aliphatic rings. The number of aromatic nitrogens is 1. The highest BCUT2D eigenvalue weighted by Gasteiger charge is 2.46. The highest BCUT2D eigenvalue weighted by atomic mass is 16.5.